The number of quaternary nitrogens is 1. The molecule has 1 unspecified atom stereocenters. The summed E-state index contributed by atoms with van der Waals surface area (Å²) >= 11 is 6.00. The molecule has 0 bridgehead atoms. The standard InChI is InChI=1S/C18H21ClN.ClH/c1-4-20(2,3)18(14-15-8-6-5-7-9-15)16-10-12-17(19)13-11-16;/h4-13,18H,1,14H2,2-3H3;1H/q+1;/p-1. The van der Waals surface area contributed by atoms with E-state index in [2.05, 4.69) is 57.1 Å². The molecule has 1 atom stereocenters. The third-order valence-corrected chi connectivity index (χ3v) is 4.05. The number of rotatable bonds is 5. The molecular formula is C18H21Cl2N. The zero-order valence-corrected chi connectivity index (χ0v) is 14.0. The van der Waals surface area contributed by atoms with E-state index in [1.54, 1.807) is 0 Å². The minimum atomic E-state index is 0. The molecule has 0 N–H and O–H groups in total. The smallest absolute Gasteiger partial charge is 0.122 e. The minimum Gasteiger partial charge on any atom is -1.00 e. The van der Waals surface area contributed by atoms with E-state index in [1.807, 2.05) is 24.4 Å². The highest BCUT2D eigenvalue weighted by molar-refractivity contribution is 6.30. The van der Waals surface area contributed by atoms with Gasteiger partial charge in [-0.2, -0.15) is 0 Å². The van der Waals surface area contributed by atoms with Crippen molar-refractivity contribution in [1.29, 1.82) is 0 Å². The van der Waals surface area contributed by atoms with Crippen molar-refractivity contribution in [3.63, 3.8) is 0 Å². The van der Waals surface area contributed by atoms with Crippen LogP contribution >= 0.6 is 11.6 Å². The molecule has 0 radical (unpaired) electrons. The van der Waals surface area contributed by atoms with Gasteiger partial charge in [-0.25, -0.2) is 0 Å². The first-order valence-corrected chi connectivity index (χ1v) is 7.17. The van der Waals surface area contributed by atoms with E-state index in [-0.39, 0.29) is 12.4 Å². The molecule has 2 aromatic carbocycles. The van der Waals surface area contributed by atoms with Gasteiger partial charge in [0.25, 0.3) is 0 Å². The van der Waals surface area contributed by atoms with Crippen LogP contribution in [0, 0.1) is 0 Å². The summed E-state index contributed by atoms with van der Waals surface area (Å²) in [5.74, 6) is 0. The highest BCUT2D eigenvalue weighted by Crippen LogP contribution is 2.30. The first-order valence-electron chi connectivity index (χ1n) is 6.79. The van der Waals surface area contributed by atoms with E-state index in [0.717, 1.165) is 15.9 Å². The molecule has 21 heavy (non-hydrogen) atoms. The number of likely N-dealkylation sites (N-methyl/N-ethyl adjacent to an activating group) is 1. The van der Waals surface area contributed by atoms with Gasteiger partial charge >= 0.3 is 0 Å². The van der Waals surface area contributed by atoms with Crippen molar-refractivity contribution < 1.29 is 16.9 Å². The normalized spacial score (nSPS) is 12.3. The Morgan fingerprint density at radius 2 is 1.62 bits per heavy atom. The Labute approximate surface area is 138 Å². The number of halogens is 2. The van der Waals surface area contributed by atoms with Crippen LogP contribution in [-0.2, 0) is 6.42 Å². The van der Waals surface area contributed by atoms with E-state index in [9.17, 15) is 0 Å². The zero-order chi connectivity index (χ0) is 14.6. The number of benzene rings is 2. The van der Waals surface area contributed by atoms with Gasteiger partial charge in [-0.15, -0.1) is 0 Å². The molecule has 0 saturated carbocycles. The molecule has 2 rings (SSSR count). The maximum absolute atomic E-state index is 6.00. The molecule has 0 amide bonds. The monoisotopic (exact) mass is 321 g/mol. The van der Waals surface area contributed by atoms with E-state index < -0.39 is 0 Å². The fourth-order valence-corrected chi connectivity index (χ4v) is 2.51. The van der Waals surface area contributed by atoms with E-state index in [4.69, 9.17) is 11.6 Å². The molecule has 0 aliphatic rings. The van der Waals surface area contributed by atoms with Crippen molar-refractivity contribution >= 4 is 11.6 Å². The number of hydrogen-bond donors (Lipinski definition) is 0. The van der Waals surface area contributed by atoms with Crippen LogP contribution in [0.15, 0.2) is 67.4 Å². The molecule has 0 saturated heterocycles. The van der Waals surface area contributed by atoms with E-state index in [1.165, 1.54) is 11.1 Å². The van der Waals surface area contributed by atoms with E-state index >= 15 is 0 Å². The summed E-state index contributed by atoms with van der Waals surface area (Å²) in [7, 11) is 4.35. The third-order valence-electron chi connectivity index (χ3n) is 3.80. The molecule has 0 spiro atoms. The highest BCUT2D eigenvalue weighted by Gasteiger charge is 2.27. The van der Waals surface area contributed by atoms with Crippen LogP contribution in [0.1, 0.15) is 17.2 Å². The maximum atomic E-state index is 6.00. The lowest BCUT2D eigenvalue weighted by atomic mass is 9.96. The Kier molecular flexibility index (Phi) is 6.47. The molecule has 0 fully saturated rings. The summed E-state index contributed by atoms with van der Waals surface area (Å²) in [4.78, 5) is 0. The van der Waals surface area contributed by atoms with Gasteiger partial charge < -0.3 is 12.4 Å². The van der Waals surface area contributed by atoms with Crippen molar-refractivity contribution in [2.24, 2.45) is 0 Å². The molecular weight excluding hydrogens is 301 g/mol. The first-order chi connectivity index (χ1) is 9.53. The second-order valence-corrected chi connectivity index (χ2v) is 6.01. The van der Waals surface area contributed by atoms with Gasteiger partial charge in [-0.1, -0.05) is 54.1 Å². The van der Waals surface area contributed by atoms with E-state index in [0.29, 0.717) is 6.04 Å². The molecule has 0 aliphatic carbocycles. The molecule has 3 heteroatoms. The van der Waals surface area contributed by atoms with Crippen molar-refractivity contribution in [1.82, 2.24) is 0 Å². The van der Waals surface area contributed by atoms with Crippen LogP contribution in [-0.4, -0.2) is 18.6 Å². The predicted molar refractivity (Wildman–Crippen MR) is 86.6 cm³/mol. The Morgan fingerprint density at radius 1 is 1.05 bits per heavy atom. The van der Waals surface area contributed by atoms with Crippen LogP contribution in [0.3, 0.4) is 0 Å². The molecule has 1 nitrogen and oxygen atoms in total. The van der Waals surface area contributed by atoms with Crippen molar-refractivity contribution in [2.45, 2.75) is 12.5 Å². The van der Waals surface area contributed by atoms with Crippen molar-refractivity contribution in [2.75, 3.05) is 14.1 Å². The summed E-state index contributed by atoms with van der Waals surface area (Å²) in [5, 5.41) is 0.774. The quantitative estimate of drug-likeness (QED) is 0.737. The Hall–Kier alpha value is -1.28. The van der Waals surface area contributed by atoms with Crippen LogP contribution in [0.2, 0.25) is 5.02 Å². The highest BCUT2D eigenvalue weighted by atomic mass is 35.5. The zero-order valence-electron chi connectivity index (χ0n) is 12.5. The summed E-state index contributed by atoms with van der Waals surface area (Å²) in [5.41, 5.74) is 2.61. The lowest BCUT2D eigenvalue weighted by molar-refractivity contribution is -0.871. The summed E-state index contributed by atoms with van der Waals surface area (Å²) in [6, 6.07) is 19.0. The average molecular weight is 322 g/mol. The predicted octanol–water partition coefficient (Wildman–Crippen LogP) is 1.85. The van der Waals surface area contributed by atoms with Crippen LogP contribution < -0.4 is 12.4 Å². The third kappa shape index (κ3) is 4.60. The fraction of sp³-hybridized carbons (Fsp3) is 0.222. The maximum Gasteiger partial charge on any atom is 0.122 e. The summed E-state index contributed by atoms with van der Waals surface area (Å²) < 4.78 is 0.733. The Bertz CT molecular complexity index is 562. The number of hydrogen-bond acceptors (Lipinski definition) is 0. The SMILES string of the molecule is C=C[N+](C)(C)C(Cc1ccccc1)c1ccc(Cl)cc1.[Cl-]. The van der Waals surface area contributed by atoms with Crippen LogP contribution in [0.4, 0.5) is 0 Å². The topological polar surface area (TPSA) is 0 Å². The molecule has 112 valence electrons. The van der Waals surface area contributed by atoms with Crippen molar-refractivity contribution in [3.8, 4) is 0 Å². The fourth-order valence-electron chi connectivity index (χ4n) is 2.39. The summed E-state index contributed by atoms with van der Waals surface area (Å²) in [6.45, 7) is 3.98. The number of nitrogens with zero attached hydrogens (tertiary/aromatic N) is 1. The molecule has 2 aromatic rings. The lowest BCUT2D eigenvalue weighted by Gasteiger charge is -2.35. The van der Waals surface area contributed by atoms with Crippen LogP contribution in [0.5, 0.6) is 0 Å². The molecule has 0 aliphatic heterocycles. The first kappa shape index (κ1) is 17.8. The second kappa shape index (κ2) is 7.65. The Balaban J connectivity index is 0.00000220. The van der Waals surface area contributed by atoms with Gasteiger partial charge in [-0.05, 0) is 24.3 Å². The Morgan fingerprint density at radius 3 is 2.14 bits per heavy atom. The van der Waals surface area contributed by atoms with Gasteiger partial charge in [0, 0.05) is 17.0 Å². The largest absolute Gasteiger partial charge is 1.00 e. The van der Waals surface area contributed by atoms with Gasteiger partial charge in [0.15, 0.2) is 0 Å². The molecule has 0 aromatic heterocycles. The van der Waals surface area contributed by atoms with Gasteiger partial charge in [0.05, 0.1) is 20.3 Å². The minimum absolute atomic E-state index is 0. The lowest BCUT2D eigenvalue weighted by Crippen LogP contribution is -3.00. The van der Waals surface area contributed by atoms with Crippen LogP contribution in [0.25, 0.3) is 0 Å². The second-order valence-electron chi connectivity index (χ2n) is 5.57. The van der Waals surface area contributed by atoms with Gasteiger partial charge in [-0.3, -0.25) is 4.48 Å². The van der Waals surface area contributed by atoms with Crippen molar-refractivity contribution in [3.05, 3.63) is 83.5 Å². The van der Waals surface area contributed by atoms with Gasteiger partial charge in [0.1, 0.15) is 6.04 Å². The van der Waals surface area contributed by atoms with Gasteiger partial charge in [0.2, 0.25) is 0 Å². The molecule has 0 heterocycles. The summed E-state index contributed by atoms with van der Waals surface area (Å²) in [6.07, 6.45) is 2.96. The average Bonchev–Trinajstić information content (AvgIpc) is 2.47.